The first-order chi connectivity index (χ1) is 12.9. The van der Waals surface area contributed by atoms with Gasteiger partial charge in [0, 0.05) is 11.1 Å². The van der Waals surface area contributed by atoms with Crippen molar-refractivity contribution in [3.05, 3.63) is 48.6 Å². The number of rotatable bonds is 13. The molecule has 0 aliphatic rings. The molecule has 0 saturated heterocycles. The van der Waals surface area contributed by atoms with Crippen LogP contribution in [0.15, 0.2) is 48.6 Å². The van der Waals surface area contributed by atoms with Crippen molar-refractivity contribution in [1.29, 1.82) is 0 Å². The molecule has 0 aromatic heterocycles. The van der Waals surface area contributed by atoms with Gasteiger partial charge in [0.1, 0.15) is 26.4 Å². The van der Waals surface area contributed by atoms with E-state index in [2.05, 4.69) is 13.2 Å². The summed E-state index contributed by atoms with van der Waals surface area (Å²) in [4.78, 5) is 22.5. The molecular formula is C20H26O7. The van der Waals surface area contributed by atoms with Crippen molar-refractivity contribution < 1.29 is 33.3 Å². The van der Waals surface area contributed by atoms with Crippen molar-refractivity contribution in [1.82, 2.24) is 0 Å². The quantitative estimate of drug-likeness (QED) is 0.297. The van der Waals surface area contributed by atoms with E-state index in [1.807, 2.05) is 12.1 Å². The van der Waals surface area contributed by atoms with Crippen LogP contribution >= 0.6 is 0 Å². The fourth-order valence-electron chi connectivity index (χ4n) is 1.73. The zero-order valence-electron chi connectivity index (χ0n) is 15.8. The van der Waals surface area contributed by atoms with E-state index in [0.29, 0.717) is 35.9 Å². The van der Waals surface area contributed by atoms with Crippen LogP contribution in [-0.2, 0) is 23.8 Å². The number of benzene rings is 1. The molecule has 148 valence electrons. The van der Waals surface area contributed by atoms with Crippen molar-refractivity contribution in [3.8, 4) is 11.5 Å². The molecule has 1 rings (SSSR count). The van der Waals surface area contributed by atoms with Gasteiger partial charge in [-0.2, -0.15) is 0 Å². The summed E-state index contributed by atoms with van der Waals surface area (Å²) in [5, 5.41) is 0. The Morgan fingerprint density at radius 1 is 0.741 bits per heavy atom. The zero-order chi connectivity index (χ0) is 20.1. The molecule has 27 heavy (non-hydrogen) atoms. The van der Waals surface area contributed by atoms with E-state index in [-0.39, 0.29) is 26.4 Å². The molecule has 0 atom stereocenters. The summed E-state index contributed by atoms with van der Waals surface area (Å²) in [5.41, 5.74) is 0.692. The maximum Gasteiger partial charge on any atom is 0.333 e. The summed E-state index contributed by atoms with van der Waals surface area (Å²) in [5.74, 6) is 0.212. The topological polar surface area (TPSA) is 80.3 Å². The molecule has 0 unspecified atom stereocenters. The van der Waals surface area contributed by atoms with Crippen molar-refractivity contribution in [2.45, 2.75) is 13.8 Å². The highest BCUT2D eigenvalue weighted by molar-refractivity contribution is 5.87. The van der Waals surface area contributed by atoms with E-state index in [4.69, 9.17) is 23.7 Å². The largest absolute Gasteiger partial charge is 0.487 e. The molecule has 0 aliphatic heterocycles. The van der Waals surface area contributed by atoms with Gasteiger partial charge in [-0.25, -0.2) is 9.59 Å². The Hall–Kier alpha value is -2.80. The second-order valence-electron chi connectivity index (χ2n) is 5.59. The first kappa shape index (κ1) is 22.2. The molecule has 1 aromatic carbocycles. The van der Waals surface area contributed by atoms with Crippen LogP contribution in [0.2, 0.25) is 0 Å². The Kier molecular flexibility index (Phi) is 10.3. The molecule has 0 amide bonds. The Morgan fingerprint density at radius 2 is 1.15 bits per heavy atom. The number of para-hydroxylation sites is 2. The molecule has 0 aliphatic carbocycles. The molecule has 0 saturated carbocycles. The van der Waals surface area contributed by atoms with Gasteiger partial charge in [0.25, 0.3) is 0 Å². The van der Waals surface area contributed by atoms with Gasteiger partial charge in [-0.05, 0) is 26.0 Å². The van der Waals surface area contributed by atoms with Crippen molar-refractivity contribution >= 4 is 11.9 Å². The predicted octanol–water partition coefficient (Wildman–Crippen LogP) is 2.70. The normalized spacial score (nSPS) is 10.0. The van der Waals surface area contributed by atoms with Crippen molar-refractivity contribution in [2.75, 3.05) is 39.6 Å². The zero-order valence-corrected chi connectivity index (χ0v) is 15.8. The third kappa shape index (κ3) is 9.46. The Morgan fingerprint density at radius 3 is 1.63 bits per heavy atom. The maximum atomic E-state index is 11.3. The lowest BCUT2D eigenvalue weighted by Gasteiger charge is -2.13. The molecule has 7 heteroatoms. The Balaban J connectivity index is 2.24. The number of carbonyl (C=O) groups is 2. The average molecular weight is 378 g/mol. The number of esters is 2. The highest BCUT2D eigenvalue weighted by atomic mass is 16.6. The standard InChI is InChI=1S/C20H26O7/c1-15(2)19(21)26-12-10-23-9-11-24-17-7-5-6-8-18(17)25-13-14-27-20(22)16(3)4/h5-8H,1,3,9-14H2,2,4H3. The van der Waals surface area contributed by atoms with Crippen LogP contribution in [-0.4, -0.2) is 51.6 Å². The molecule has 0 radical (unpaired) electrons. The van der Waals surface area contributed by atoms with E-state index in [9.17, 15) is 9.59 Å². The minimum atomic E-state index is -0.450. The SMILES string of the molecule is C=C(C)C(=O)OCCOCCOc1ccccc1OCCOC(=O)C(=C)C. The van der Waals surface area contributed by atoms with Gasteiger partial charge in [-0.15, -0.1) is 0 Å². The third-order valence-electron chi connectivity index (χ3n) is 3.07. The van der Waals surface area contributed by atoms with Crippen LogP contribution in [0.25, 0.3) is 0 Å². The van der Waals surface area contributed by atoms with Crippen LogP contribution in [0.1, 0.15) is 13.8 Å². The predicted molar refractivity (Wildman–Crippen MR) is 99.8 cm³/mol. The van der Waals surface area contributed by atoms with Crippen molar-refractivity contribution in [2.24, 2.45) is 0 Å². The second-order valence-corrected chi connectivity index (χ2v) is 5.59. The van der Waals surface area contributed by atoms with Crippen LogP contribution in [0, 0.1) is 0 Å². The molecule has 0 spiro atoms. The molecule has 1 aromatic rings. The van der Waals surface area contributed by atoms with E-state index in [0.717, 1.165) is 0 Å². The van der Waals surface area contributed by atoms with E-state index in [1.165, 1.54) is 0 Å². The number of ether oxygens (including phenoxy) is 5. The first-order valence-corrected chi connectivity index (χ1v) is 8.49. The monoisotopic (exact) mass is 378 g/mol. The summed E-state index contributed by atoms with van der Waals surface area (Å²) in [6, 6.07) is 7.16. The second kappa shape index (κ2) is 12.5. The van der Waals surface area contributed by atoms with Gasteiger partial charge < -0.3 is 23.7 Å². The van der Waals surface area contributed by atoms with Crippen LogP contribution in [0.3, 0.4) is 0 Å². The van der Waals surface area contributed by atoms with Gasteiger partial charge in [0.05, 0.1) is 13.2 Å². The lowest BCUT2D eigenvalue weighted by Crippen LogP contribution is -2.14. The minimum absolute atomic E-state index is 0.117. The van der Waals surface area contributed by atoms with Gasteiger partial charge in [-0.3, -0.25) is 0 Å². The number of carbonyl (C=O) groups excluding carboxylic acids is 2. The highest BCUT2D eigenvalue weighted by Gasteiger charge is 2.06. The molecular weight excluding hydrogens is 352 g/mol. The summed E-state index contributed by atoms with van der Waals surface area (Å²) in [6.07, 6.45) is 0. The molecule has 7 nitrogen and oxygen atoms in total. The number of hydrogen-bond acceptors (Lipinski definition) is 7. The lowest BCUT2D eigenvalue weighted by atomic mass is 10.3. The first-order valence-electron chi connectivity index (χ1n) is 8.49. The van der Waals surface area contributed by atoms with Gasteiger partial charge in [0.15, 0.2) is 11.5 Å². The maximum absolute atomic E-state index is 11.3. The lowest BCUT2D eigenvalue weighted by molar-refractivity contribution is -0.141. The fraction of sp³-hybridized carbons (Fsp3) is 0.400. The van der Waals surface area contributed by atoms with Gasteiger partial charge >= 0.3 is 11.9 Å². The summed E-state index contributed by atoms with van der Waals surface area (Å²) >= 11 is 0. The fourth-order valence-corrected chi connectivity index (χ4v) is 1.73. The molecule has 0 fully saturated rings. The number of hydrogen-bond donors (Lipinski definition) is 0. The summed E-state index contributed by atoms with van der Waals surface area (Å²) in [6.45, 7) is 11.5. The van der Waals surface area contributed by atoms with E-state index in [1.54, 1.807) is 26.0 Å². The smallest absolute Gasteiger partial charge is 0.333 e. The summed E-state index contributed by atoms with van der Waals surface area (Å²) in [7, 11) is 0. The summed E-state index contributed by atoms with van der Waals surface area (Å²) < 4.78 is 26.4. The molecule has 0 heterocycles. The van der Waals surface area contributed by atoms with Crippen LogP contribution in [0.4, 0.5) is 0 Å². The highest BCUT2D eigenvalue weighted by Crippen LogP contribution is 2.26. The van der Waals surface area contributed by atoms with Crippen LogP contribution in [0.5, 0.6) is 11.5 Å². The molecule has 0 N–H and O–H groups in total. The van der Waals surface area contributed by atoms with Gasteiger partial charge in [-0.1, -0.05) is 25.3 Å². The van der Waals surface area contributed by atoms with E-state index >= 15 is 0 Å². The Labute approximate surface area is 159 Å². The minimum Gasteiger partial charge on any atom is -0.487 e. The van der Waals surface area contributed by atoms with Crippen molar-refractivity contribution in [3.63, 3.8) is 0 Å². The van der Waals surface area contributed by atoms with Crippen LogP contribution < -0.4 is 9.47 Å². The average Bonchev–Trinajstić information content (AvgIpc) is 2.64. The Bertz CT molecular complexity index is 651. The third-order valence-corrected chi connectivity index (χ3v) is 3.07. The molecule has 0 bridgehead atoms. The van der Waals surface area contributed by atoms with Gasteiger partial charge in [0.2, 0.25) is 0 Å². The van der Waals surface area contributed by atoms with E-state index < -0.39 is 11.9 Å².